The second kappa shape index (κ2) is 11.7. The minimum absolute atomic E-state index is 0.234. The maximum atomic E-state index is 13.5. The predicted molar refractivity (Wildman–Crippen MR) is 156 cm³/mol. The summed E-state index contributed by atoms with van der Waals surface area (Å²) in [6.07, 6.45) is 6.34. The molecule has 2 aliphatic rings. The Hall–Kier alpha value is -4.00. The molecule has 6 rings (SSSR count). The number of sulfonamides is 1. The van der Waals surface area contributed by atoms with Crippen LogP contribution < -0.4 is 5.32 Å². The Balaban J connectivity index is 1.18. The van der Waals surface area contributed by atoms with Gasteiger partial charge in [0.15, 0.2) is 5.82 Å². The molecule has 3 heterocycles. The zero-order chi connectivity index (χ0) is 29.3. The van der Waals surface area contributed by atoms with E-state index in [9.17, 15) is 17.6 Å². The van der Waals surface area contributed by atoms with Crippen LogP contribution in [0, 0.1) is 5.82 Å². The van der Waals surface area contributed by atoms with Crippen molar-refractivity contribution in [3.8, 4) is 17.1 Å². The maximum Gasteiger partial charge on any atom is 0.272 e. The molecule has 1 amide bonds. The molecule has 0 unspecified atom stereocenters. The van der Waals surface area contributed by atoms with Gasteiger partial charge in [-0.15, -0.1) is 0 Å². The highest BCUT2D eigenvalue weighted by atomic mass is 32.2. The van der Waals surface area contributed by atoms with Gasteiger partial charge in [-0.2, -0.15) is 9.40 Å². The molecule has 10 nitrogen and oxygen atoms in total. The number of hydrogen-bond acceptors (Lipinski definition) is 7. The first-order chi connectivity index (χ1) is 20.2. The molecular weight excluding hydrogens is 557 g/mol. The number of carbonyl (C=O) groups is 1. The zero-order valence-corrected chi connectivity index (χ0v) is 24.0. The quantitative estimate of drug-likeness (QED) is 0.320. The summed E-state index contributed by atoms with van der Waals surface area (Å²) in [5.74, 6) is 0.339. The molecule has 1 aliphatic heterocycles. The van der Waals surface area contributed by atoms with E-state index in [2.05, 4.69) is 15.4 Å². The van der Waals surface area contributed by atoms with E-state index in [1.807, 2.05) is 48.7 Å². The van der Waals surface area contributed by atoms with Crippen LogP contribution in [0.1, 0.15) is 34.1 Å². The lowest BCUT2D eigenvalue weighted by Gasteiger charge is -2.33. The SMILES string of the molecule is CS(=O)(=O)N1CCN(C(=O)c2cc(CCN[C@H]3C[C@H]3c3ccc(F)cc3)nc(-c3ccc(-n4cccn4)cc3)n2)CC1. The Morgan fingerprint density at radius 1 is 1.02 bits per heavy atom. The summed E-state index contributed by atoms with van der Waals surface area (Å²) in [6.45, 7) is 1.77. The number of halogens is 1. The van der Waals surface area contributed by atoms with Crippen LogP contribution >= 0.6 is 0 Å². The lowest BCUT2D eigenvalue weighted by atomic mass is 10.1. The highest BCUT2D eigenvalue weighted by Crippen LogP contribution is 2.40. The first kappa shape index (κ1) is 28.1. The van der Waals surface area contributed by atoms with Gasteiger partial charge in [-0.25, -0.2) is 27.5 Å². The molecule has 0 radical (unpaired) electrons. The van der Waals surface area contributed by atoms with Crippen molar-refractivity contribution in [1.29, 1.82) is 0 Å². The second-order valence-corrected chi connectivity index (χ2v) is 12.7. The van der Waals surface area contributed by atoms with Gasteiger partial charge in [-0.1, -0.05) is 12.1 Å². The van der Waals surface area contributed by atoms with E-state index in [0.29, 0.717) is 43.8 Å². The molecule has 218 valence electrons. The number of carbonyl (C=O) groups excluding carboxylic acids is 1. The van der Waals surface area contributed by atoms with Crippen molar-refractivity contribution >= 4 is 15.9 Å². The lowest BCUT2D eigenvalue weighted by Crippen LogP contribution is -2.50. The van der Waals surface area contributed by atoms with Crippen molar-refractivity contribution in [3.63, 3.8) is 0 Å². The number of nitrogens with one attached hydrogen (secondary N) is 1. The average Bonchev–Trinajstić information content (AvgIpc) is 3.54. The summed E-state index contributed by atoms with van der Waals surface area (Å²) in [7, 11) is -3.31. The van der Waals surface area contributed by atoms with E-state index in [1.54, 1.807) is 21.8 Å². The molecule has 42 heavy (non-hydrogen) atoms. The van der Waals surface area contributed by atoms with Gasteiger partial charge in [0, 0.05) is 74.8 Å². The van der Waals surface area contributed by atoms with E-state index in [0.717, 1.165) is 28.9 Å². The second-order valence-electron chi connectivity index (χ2n) is 10.7. The fourth-order valence-electron chi connectivity index (χ4n) is 5.32. The van der Waals surface area contributed by atoms with Crippen molar-refractivity contribution in [3.05, 3.63) is 95.8 Å². The topological polar surface area (TPSA) is 113 Å². The van der Waals surface area contributed by atoms with Gasteiger partial charge in [0.1, 0.15) is 11.5 Å². The number of piperazine rings is 1. The van der Waals surface area contributed by atoms with Gasteiger partial charge >= 0.3 is 0 Å². The van der Waals surface area contributed by atoms with Crippen LogP contribution in [0.2, 0.25) is 0 Å². The average molecular weight is 590 g/mol. The molecule has 4 aromatic rings. The summed E-state index contributed by atoms with van der Waals surface area (Å²) in [6, 6.07) is 18.2. The molecule has 12 heteroatoms. The molecule has 1 saturated heterocycles. The fraction of sp³-hybridized carbons (Fsp3) is 0.333. The molecule has 2 fully saturated rings. The van der Waals surface area contributed by atoms with E-state index in [-0.39, 0.29) is 30.5 Å². The Labute approximate surface area is 244 Å². The Kier molecular flexibility index (Phi) is 7.84. The van der Waals surface area contributed by atoms with E-state index >= 15 is 0 Å². The molecule has 1 saturated carbocycles. The van der Waals surface area contributed by atoms with Gasteiger partial charge in [0.05, 0.1) is 11.9 Å². The predicted octanol–water partition coefficient (Wildman–Crippen LogP) is 2.87. The standard InChI is InChI=1S/C30H32FN7O3S/c1-42(40,41)37-17-15-36(16-18-37)30(39)28-19-24(11-13-32-27-20-26(27)21-3-7-23(31)8-4-21)34-29(35-28)22-5-9-25(10-6-22)38-14-2-12-33-38/h2-10,12,14,19,26-27,32H,11,13,15-18,20H2,1H3/t26-,27-/m0/s1. The summed E-state index contributed by atoms with van der Waals surface area (Å²) in [4.78, 5) is 24.6. The Morgan fingerprint density at radius 3 is 2.43 bits per heavy atom. The van der Waals surface area contributed by atoms with Crippen LogP contribution in [0.15, 0.2) is 73.1 Å². The molecular formula is C30H32FN7O3S. The Bertz CT molecular complexity index is 1650. The number of amides is 1. The van der Waals surface area contributed by atoms with Crippen LogP contribution in [0.25, 0.3) is 17.1 Å². The van der Waals surface area contributed by atoms with Crippen LogP contribution in [0.4, 0.5) is 4.39 Å². The number of nitrogens with zero attached hydrogens (tertiary/aromatic N) is 6. The third-order valence-electron chi connectivity index (χ3n) is 7.76. The van der Waals surface area contributed by atoms with Gasteiger partial charge in [0.2, 0.25) is 10.0 Å². The third-order valence-corrected chi connectivity index (χ3v) is 9.07. The molecule has 2 aromatic carbocycles. The van der Waals surface area contributed by atoms with E-state index < -0.39 is 10.0 Å². The summed E-state index contributed by atoms with van der Waals surface area (Å²) in [5.41, 5.74) is 3.82. The van der Waals surface area contributed by atoms with Crippen LogP contribution in [0.3, 0.4) is 0 Å². The highest BCUT2D eigenvalue weighted by Gasteiger charge is 2.37. The summed E-state index contributed by atoms with van der Waals surface area (Å²) >= 11 is 0. The smallest absolute Gasteiger partial charge is 0.272 e. The molecule has 2 atom stereocenters. The minimum atomic E-state index is -3.31. The number of rotatable bonds is 9. The van der Waals surface area contributed by atoms with E-state index in [4.69, 9.17) is 4.98 Å². The van der Waals surface area contributed by atoms with Crippen molar-refractivity contribution in [2.24, 2.45) is 0 Å². The number of hydrogen-bond donors (Lipinski definition) is 1. The molecule has 2 aromatic heterocycles. The summed E-state index contributed by atoms with van der Waals surface area (Å²) < 4.78 is 40.3. The Morgan fingerprint density at radius 2 is 1.76 bits per heavy atom. The van der Waals surface area contributed by atoms with Crippen molar-refractivity contribution in [2.75, 3.05) is 39.0 Å². The molecule has 0 spiro atoms. The van der Waals surface area contributed by atoms with Crippen molar-refractivity contribution in [2.45, 2.75) is 24.8 Å². The van der Waals surface area contributed by atoms with E-state index in [1.165, 1.54) is 22.7 Å². The molecule has 1 N–H and O–H groups in total. The first-order valence-electron chi connectivity index (χ1n) is 14.0. The largest absolute Gasteiger partial charge is 0.335 e. The normalized spacial score (nSPS) is 19.1. The van der Waals surface area contributed by atoms with Crippen molar-refractivity contribution in [1.82, 2.24) is 34.3 Å². The first-order valence-corrected chi connectivity index (χ1v) is 15.8. The van der Waals surface area contributed by atoms with Crippen LogP contribution in [-0.2, 0) is 16.4 Å². The molecule has 0 bridgehead atoms. The minimum Gasteiger partial charge on any atom is -0.335 e. The van der Waals surface area contributed by atoms with Gasteiger partial charge in [-0.05, 0) is 60.5 Å². The van der Waals surface area contributed by atoms with Crippen LogP contribution in [-0.4, -0.2) is 88.3 Å². The number of benzene rings is 2. The zero-order valence-electron chi connectivity index (χ0n) is 23.2. The number of aromatic nitrogens is 4. The van der Waals surface area contributed by atoms with Gasteiger partial charge in [0.25, 0.3) is 5.91 Å². The van der Waals surface area contributed by atoms with Crippen molar-refractivity contribution < 1.29 is 17.6 Å². The monoisotopic (exact) mass is 589 g/mol. The lowest BCUT2D eigenvalue weighted by molar-refractivity contribution is 0.0692. The maximum absolute atomic E-state index is 13.5. The van der Waals surface area contributed by atoms with Gasteiger partial charge in [-0.3, -0.25) is 4.79 Å². The summed E-state index contributed by atoms with van der Waals surface area (Å²) in [5, 5.41) is 7.82. The molecule has 1 aliphatic carbocycles. The fourth-order valence-corrected chi connectivity index (χ4v) is 6.15. The highest BCUT2D eigenvalue weighted by molar-refractivity contribution is 7.88. The van der Waals surface area contributed by atoms with Gasteiger partial charge < -0.3 is 10.2 Å². The van der Waals surface area contributed by atoms with Crippen LogP contribution in [0.5, 0.6) is 0 Å². The third kappa shape index (κ3) is 6.40.